The van der Waals surface area contributed by atoms with E-state index < -0.39 is 34.3 Å². The van der Waals surface area contributed by atoms with Gasteiger partial charge in [-0.25, -0.2) is 9.59 Å². The highest BCUT2D eigenvalue weighted by molar-refractivity contribution is 5.93. The zero-order valence-electron chi connectivity index (χ0n) is 18.7. The first kappa shape index (κ1) is 23.8. The van der Waals surface area contributed by atoms with Gasteiger partial charge in [-0.2, -0.15) is 0 Å². The third-order valence-electron chi connectivity index (χ3n) is 5.39. The zero-order chi connectivity index (χ0) is 24.4. The second kappa shape index (κ2) is 8.92. The van der Waals surface area contributed by atoms with Crippen molar-refractivity contribution < 1.29 is 29.6 Å². The van der Waals surface area contributed by atoms with Crippen molar-refractivity contribution in [2.75, 3.05) is 0 Å². The lowest BCUT2D eigenvalue weighted by Gasteiger charge is -2.29. The number of esters is 1. The number of hydrogen-bond donors (Lipinski definition) is 3. The molecule has 1 unspecified atom stereocenters. The number of aliphatic hydroxyl groups is 1. The van der Waals surface area contributed by atoms with Gasteiger partial charge in [-0.1, -0.05) is 88.0 Å². The molecule has 3 aromatic carbocycles. The van der Waals surface area contributed by atoms with E-state index in [0.29, 0.717) is 11.1 Å². The SMILES string of the molecule is C=Cc1ccccc1C(O)(C(=O)Oc1cc(C(=O)O)c(O)c(C(C)(C)C)c1)c1ccccc1. The third kappa shape index (κ3) is 4.52. The Morgan fingerprint density at radius 3 is 2.12 bits per heavy atom. The summed E-state index contributed by atoms with van der Waals surface area (Å²) in [6.07, 6.45) is 1.53. The van der Waals surface area contributed by atoms with Crippen LogP contribution in [0.3, 0.4) is 0 Å². The number of carboxylic acids is 1. The van der Waals surface area contributed by atoms with Gasteiger partial charge in [0.05, 0.1) is 0 Å². The van der Waals surface area contributed by atoms with Gasteiger partial charge in [0.1, 0.15) is 17.1 Å². The van der Waals surface area contributed by atoms with Crippen LogP contribution in [0.5, 0.6) is 11.5 Å². The minimum atomic E-state index is -2.20. The molecule has 0 saturated heterocycles. The van der Waals surface area contributed by atoms with Gasteiger partial charge < -0.3 is 20.1 Å². The van der Waals surface area contributed by atoms with E-state index in [1.165, 1.54) is 12.1 Å². The van der Waals surface area contributed by atoms with Crippen molar-refractivity contribution in [3.63, 3.8) is 0 Å². The first-order valence-corrected chi connectivity index (χ1v) is 10.3. The van der Waals surface area contributed by atoms with E-state index in [1.54, 1.807) is 75.4 Å². The molecule has 6 nitrogen and oxygen atoms in total. The molecule has 0 aliphatic heterocycles. The molecule has 0 spiro atoms. The molecule has 0 bridgehead atoms. The van der Waals surface area contributed by atoms with Crippen molar-refractivity contribution in [1.29, 1.82) is 0 Å². The van der Waals surface area contributed by atoms with Crippen molar-refractivity contribution in [1.82, 2.24) is 0 Å². The van der Waals surface area contributed by atoms with Gasteiger partial charge in [-0.15, -0.1) is 0 Å². The van der Waals surface area contributed by atoms with Crippen LogP contribution in [0.1, 0.15) is 53.4 Å². The predicted octanol–water partition coefficient (Wildman–Crippen LogP) is 4.87. The van der Waals surface area contributed by atoms with Crippen LogP contribution < -0.4 is 4.74 Å². The first-order valence-electron chi connectivity index (χ1n) is 10.3. The largest absolute Gasteiger partial charge is 0.507 e. The molecule has 33 heavy (non-hydrogen) atoms. The molecule has 0 radical (unpaired) electrons. The van der Waals surface area contributed by atoms with Gasteiger partial charge in [0.15, 0.2) is 0 Å². The number of benzene rings is 3. The van der Waals surface area contributed by atoms with E-state index in [1.807, 2.05) is 0 Å². The van der Waals surface area contributed by atoms with Crippen LogP contribution in [-0.4, -0.2) is 27.3 Å². The van der Waals surface area contributed by atoms with Gasteiger partial charge in [0.2, 0.25) is 5.60 Å². The Morgan fingerprint density at radius 1 is 0.939 bits per heavy atom. The Balaban J connectivity index is 2.18. The van der Waals surface area contributed by atoms with Crippen LogP contribution in [0.4, 0.5) is 0 Å². The second-order valence-corrected chi connectivity index (χ2v) is 8.68. The van der Waals surface area contributed by atoms with Gasteiger partial charge in [-0.3, -0.25) is 0 Å². The Labute approximate surface area is 192 Å². The average Bonchev–Trinajstić information content (AvgIpc) is 2.79. The zero-order valence-corrected chi connectivity index (χ0v) is 18.7. The Morgan fingerprint density at radius 2 is 1.55 bits per heavy atom. The van der Waals surface area contributed by atoms with Crippen LogP contribution in [0.25, 0.3) is 6.08 Å². The van der Waals surface area contributed by atoms with Gasteiger partial charge >= 0.3 is 11.9 Å². The van der Waals surface area contributed by atoms with Crippen molar-refractivity contribution in [2.24, 2.45) is 0 Å². The summed E-state index contributed by atoms with van der Waals surface area (Å²) in [5.41, 5.74) is -1.87. The average molecular weight is 446 g/mol. The fraction of sp³-hybridized carbons (Fsp3) is 0.185. The molecule has 0 aromatic heterocycles. The van der Waals surface area contributed by atoms with E-state index >= 15 is 0 Å². The number of aromatic hydroxyl groups is 1. The fourth-order valence-corrected chi connectivity index (χ4v) is 3.65. The highest BCUT2D eigenvalue weighted by Gasteiger charge is 2.43. The number of aromatic carboxylic acids is 1. The number of carbonyl (C=O) groups excluding carboxylic acids is 1. The Bertz CT molecular complexity index is 1210. The minimum absolute atomic E-state index is 0.106. The van der Waals surface area contributed by atoms with E-state index in [4.69, 9.17) is 4.74 Å². The highest BCUT2D eigenvalue weighted by Crippen LogP contribution is 2.39. The molecule has 170 valence electrons. The number of hydrogen-bond acceptors (Lipinski definition) is 5. The van der Waals surface area contributed by atoms with Crippen LogP contribution in [0.2, 0.25) is 0 Å². The summed E-state index contributed by atoms with van der Waals surface area (Å²) in [7, 11) is 0. The monoisotopic (exact) mass is 446 g/mol. The number of rotatable bonds is 6. The van der Waals surface area contributed by atoms with Gasteiger partial charge in [0, 0.05) is 11.1 Å². The van der Waals surface area contributed by atoms with E-state index in [0.717, 1.165) is 6.07 Å². The van der Waals surface area contributed by atoms with E-state index in [9.17, 15) is 24.9 Å². The first-order chi connectivity index (χ1) is 15.5. The number of ether oxygens (including phenoxy) is 1. The molecule has 0 fully saturated rings. The highest BCUT2D eigenvalue weighted by atomic mass is 16.6. The molecule has 0 aliphatic rings. The number of carbonyl (C=O) groups is 2. The van der Waals surface area contributed by atoms with Gasteiger partial charge in [0.25, 0.3) is 0 Å². The van der Waals surface area contributed by atoms with Crippen molar-refractivity contribution >= 4 is 18.0 Å². The Kier molecular flexibility index (Phi) is 6.42. The molecule has 3 aromatic rings. The van der Waals surface area contributed by atoms with Crippen molar-refractivity contribution in [3.8, 4) is 11.5 Å². The third-order valence-corrected chi connectivity index (χ3v) is 5.39. The smallest absolute Gasteiger partial charge is 0.353 e. The van der Waals surface area contributed by atoms with E-state index in [2.05, 4.69) is 6.58 Å². The molecule has 0 saturated carbocycles. The number of carboxylic acid groups (broad SMARTS) is 1. The lowest BCUT2D eigenvalue weighted by atomic mass is 9.83. The minimum Gasteiger partial charge on any atom is -0.507 e. The molecule has 3 rings (SSSR count). The summed E-state index contributed by atoms with van der Waals surface area (Å²) in [4.78, 5) is 25.2. The van der Waals surface area contributed by atoms with Gasteiger partial charge in [-0.05, 0) is 28.7 Å². The molecule has 0 amide bonds. The lowest BCUT2D eigenvalue weighted by molar-refractivity contribution is -0.152. The number of phenols is 1. The van der Waals surface area contributed by atoms with Crippen LogP contribution in [-0.2, 0) is 15.8 Å². The summed E-state index contributed by atoms with van der Waals surface area (Å²) in [5, 5.41) is 31.8. The normalized spacial score (nSPS) is 13.1. The summed E-state index contributed by atoms with van der Waals surface area (Å²) >= 11 is 0. The summed E-state index contributed by atoms with van der Waals surface area (Å²) < 4.78 is 5.57. The lowest BCUT2D eigenvalue weighted by Crippen LogP contribution is -2.41. The summed E-state index contributed by atoms with van der Waals surface area (Å²) in [6, 6.07) is 17.5. The molecule has 0 heterocycles. The molecular formula is C27H26O6. The fourth-order valence-electron chi connectivity index (χ4n) is 3.65. The Hall–Kier alpha value is -3.90. The van der Waals surface area contributed by atoms with Crippen molar-refractivity contribution in [2.45, 2.75) is 31.8 Å². The summed E-state index contributed by atoms with van der Waals surface area (Å²) in [5.74, 6) is -2.90. The maximum Gasteiger partial charge on any atom is 0.353 e. The van der Waals surface area contributed by atoms with Crippen molar-refractivity contribution in [3.05, 3.63) is 101 Å². The van der Waals surface area contributed by atoms with Crippen LogP contribution in [0, 0.1) is 0 Å². The standard InChI is InChI=1S/C27H26O6/c1-5-17-11-9-10-14-21(17)27(32,18-12-7-6-8-13-18)25(31)33-19-15-20(24(29)30)23(28)22(16-19)26(2,3)4/h5-16,28,32H,1H2,2-4H3,(H,29,30). The quantitative estimate of drug-likeness (QED) is 0.369. The molecule has 0 aliphatic carbocycles. The maximum atomic E-state index is 13.5. The summed E-state index contributed by atoms with van der Waals surface area (Å²) in [6.45, 7) is 9.14. The van der Waals surface area contributed by atoms with Crippen LogP contribution in [0.15, 0.2) is 73.3 Å². The maximum absolute atomic E-state index is 13.5. The van der Waals surface area contributed by atoms with Crippen LogP contribution >= 0.6 is 0 Å². The second-order valence-electron chi connectivity index (χ2n) is 8.68. The molecular weight excluding hydrogens is 420 g/mol. The predicted molar refractivity (Wildman–Crippen MR) is 125 cm³/mol. The molecule has 6 heteroatoms. The molecule has 3 N–H and O–H groups in total. The molecule has 1 atom stereocenters. The topological polar surface area (TPSA) is 104 Å². The van der Waals surface area contributed by atoms with E-state index in [-0.39, 0.29) is 16.9 Å².